The molecule has 0 unspecified atom stereocenters. The zero-order valence-electron chi connectivity index (χ0n) is 15.1. The van der Waals surface area contributed by atoms with Crippen molar-refractivity contribution < 1.29 is 14.3 Å². The van der Waals surface area contributed by atoms with Gasteiger partial charge in [0.15, 0.2) is 11.5 Å². The number of aryl methyl sites for hydroxylation is 1. The summed E-state index contributed by atoms with van der Waals surface area (Å²) in [6.07, 6.45) is 5.12. The Kier molecular flexibility index (Phi) is 4.78. The fourth-order valence-electron chi connectivity index (χ4n) is 3.73. The second kappa shape index (κ2) is 7.36. The van der Waals surface area contributed by atoms with Crippen LogP contribution in [0.1, 0.15) is 34.5 Å². The Bertz CT molecular complexity index is 788. The maximum absolute atomic E-state index is 12.9. The van der Waals surface area contributed by atoms with Gasteiger partial charge in [-0.15, -0.1) is 0 Å². The van der Waals surface area contributed by atoms with E-state index in [4.69, 9.17) is 9.47 Å². The summed E-state index contributed by atoms with van der Waals surface area (Å²) in [5.74, 6) is 1.95. The molecule has 5 heteroatoms. The summed E-state index contributed by atoms with van der Waals surface area (Å²) in [7, 11) is 0. The van der Waals surface area contributed by atoms with Crippen LogP contribution in [-0.2, 0) is 6.42 Å². The largest absolute Gasteiger partial charge is 0.486 e. The van der Waals surface area contributed by atoms with Crippen LogP contribution in [0.3, 0.4) is 0 Å². The monoisotopic (exact) mass is 352 g/mol. The van der Waals surface area contributed by atoms with Crippen molar-refractivity contribution in [3.8, 4) is 11.5 Å². The van der Waals surface area contributed by atoms with Gasteiger partial charge in [-0.2, -0.15) is 0 Å². The number of carbonyl (C=O) groups excluding carboxylic acids is 1. The molecule has 0 aliphatic carbocycles. The first-order valence-corrected chi connectivity index (χ1v) is 9.29. The Morgan fingerprint density at radius 2 is 2.04 bits per heavy atom. The smallest absolute Gasteiger partial charge is 0.254 e. The van der Waals surface area contributed by atoms with Crippen molar-refractivity contribution >= 4 is 5.91 Å². The summed E-state index contributed by atoms with van der Waals surface area (Å²) in [5.41, 5.74) is 2.95. The fourth-order valence-corrected chi connectivity index (χ4v) is 3.73. The van der Waals surface area contributed by atoms with Gasteiger partial charge in [0, 0.05) is 30.5 Å². The number of aromatic nitrogens is 1. The average molecular weight is 352 g/mol. The summed E-state index contributed by atoms with van der Waals surface area (Å²) >= 11 is 0. The lowest BCUT2D eigenvalue weighted by Crippen LogP contribution is -2.40. The Labute approximate surface area is 153 Å². The molecule has 1 saturated heterocycles. The average Bonchev–Trinajstić information content (AvgIpc) is 2.69. The summed E-state index contributed by atoms with van der Waals surface area (Å²) in [4.78, 5) is 19.3. The number of carbonyl (C=O) groups is 1. The molecule has 1 amide bonds. The van der Waals surface area contributed by atoms with Gasteiger partial charge in [0.1, 0.15) is 13.2 Å². The lowest BCUT2D eigenvalue weighted by molar-refractivity contribution is 0.0672. The van der Waals surface area contributed by atoms with Crippen LogP contribution in [0.4, 0.5) is 0 Å². The summed E-state index contributed by atoms with van der Waals surface area (Å²) in [5, 5.41) is 0. The highest BCUT2D eigenvalue weighted by atomic mass is 16.6. The van der Waals surface area contributed by atoms with Crippen molar-refractivity contribution in [2.24, 2.45) is 5.92 Å². The molecule has 0 N–H and O–H groups in total. The normalized spacial score (nSPS) is 19.3. The number of hydrogen-bond donors (Lipinski definition) is 0. The van der Waals surface area contributed by atoms with E-state index in [-0.39, 0.29) is 5.91 Å². The van der Waals surface area contributed by atoms with Crippen LogP contribution in [0, 0.1) is 12.8 Å². The molecule has 0 spiro atoms. The van der Waals surface area contributed by atoms with E-state index in [2.05, 4.69) is 17.1 Å². The Morgan fingerprint density at radius 1 is 1.19 bits per heavy atom. The van der Waals surface area contributed by atoms with Crippen LogP contribution < -0.4 is 9.47 Å². The number of pyridine rings is 1. The summed E-state index contributed by atoms with van der Waals surface area (Å²) < 4.78 is 11.1. The van der Waals surface area contributed by atoms with Crippen molar-refractivity contribution in [1.82, 2.24) is 9.88 Å². The molecule has 3 heterocycles. The Morgan fingerprint density at radius 3 is 2.85 bits per heavy atom. The lowest BCUT2D eigenvalue weighted by Gasteiger charge is -2.33. The van der Waals surface area contributed by atoms with E-state index in [1.165, 1.54) is 5.56 Å². The van der Waals surface area contributed by atoms with Crippen LogP contribution in [-0.4, -0.2) is 42.1 Å². The molecular weight excluding hydrogens is 328 g/mol. The number of amides is 1. The number of benzene rings is 1. The minimum absolute atomic E-state index is 0.0775. The van der Waals surface area contributed by atoms with Gasteiger partial charge in [0.05, 0.1) is 0 Å². The molecule has 26 heavy (non-hydrogen) atoms. The SMILES string of the molecule is Cc1ccc(C[C@@H]2CCCN(C(=O)c3ccc4c(c3)OCCO4)C2)cn1. The highest BCUT2D eigenvalue weighted by molar-refractivity contribution is 5.95. The molecule has 1 atom stereocenters. The van der Waals surface area contributed by atoms with Gasteiger partial charge in [0.25, 0.3) is 5.91 Å². The first-order valence-electron chi connectivity index (χ1n) is 9.29. The number of nitrogens with zero attached hydrogens (tertiary/aromatic N) is 2. The second-order valence-corrected chi connectivity index (χ2v) is 7.13. The molecule has 5 nitrogen and oxygen atoms in total. The number of hydrogen-bond acceptors (Lipinski definition) is 4. The van der Waals surface area contributed by atoms with E-state index in [1.807, 2.05) is 36.2 Å². The number of fused-ring (bicyclic) bond motifs is 1. The highest BCUT2D eigenvalue weighted by Crippen LogP contribution is 2.31. The third kappa shape index (κ3) is 3.66. The molecule has 2 aliphatic heterocycles. The maximum atomic E-state index is 12.9. The predicted octanol–water partition coefficient (Wildman–Crippen LogP) is 3.26. The number of likely N-dealkylation sites (tertiary alicyclic amines) is 1. The van der Waals surface area contributed by atoms with Gasteiger partial charge >= 0.3 is 0 Å². The predicted molar refractivity (Wildman–Crippen MR) is 98.7 cm³/mol. The minimum Gasteiger partial charge on any atom is -0.486 e. The van der Waals surface area contributed by atoms with Crippen LogP contribution in [0.2, 0.25) is 0 Å². The van der Waals surface area contributed by atoms with Crippen LogP contribution >= 0.6 is 0 Å². The maximum Gasteiger partial charge on any atom is 0.254 e. The van der Waals surface area contributed by atoms with Crippen LogP contribution in [0.5, 0.6) is 11.5 Å². The fraction of sp³-hybridized carbons (Fsp3) is 0.429. The second-order valence-electron chi connectivity index (χ2n) is 7.13. The van der Waals surface area contributed by atoms with E-state index in [1.54, 1.807) is 0 Å². The summed E-state index contributed by atoms with van der Waals surface area (Å²) in [6.45, 7) is 4.69. The van der Waals surface area contributed by atoms with E-state index >= 15 is 0 Å². The molecule has 2 aliphatic rings. The van der Waals surface area contributed by atoms with Crippen molar-refractivity contribution in [3.05, 3.63) is 53.3 Å². The molecule has 4 rings (SSSR count). The first-order chi connectivity index (χ1) is 12.7. The Hall–Kier alpha value is -2.56. The van der Waals surface area contributed by atoms with Crippen LogP contribution in [0.25, 0.3) is 0 Å². The molecule has 1 fully saturated rings. The van der Waals surface area contributed by atoms with Gasteiger partial charge in [-0.05, 0) is 61.9 Å². The van der Waals surface area contributed by atoms with Gasteiger partial charge in [-0.25, -0.2) is 0 Å². The number of rotatable bonds is 3. The highest BCUT2D eigenvalue weighted by Gasteiger charge is 2.25. The molecule has 0 saturated carbocycles. The van der Waals surface area contributed by atoms with Crippen molar-refractivity contribution in [3.63, 3.8) is 0 Å². The van der Waals surface area contributed by atoms with Crippen molar-refractivity contribution in [2.45, 2.75) is 26.2 Å². The topological polar surface area (TPSA) is 51.7 Å². The van der Waals surface area contributed by atoms with E-state index in [0.29, 0.717) is 30.4 Å². The van der Waals surface area contributed by atoms with Gasteiger partial charge < -0.3 is 14.4 Å². The number of piperidine rings is 1. The molecule has 0 radical (unpaired) electrons. The molecule has 1 aromatic carbocycles. The van der Waals surface area contributed by atoms with Gasteiger partial charge in [-0.1, -0.05) is 6.07 Å². The lowest BCUT2D eigenvalue weighted by atomic mass is 9.91. The zero-order valence-corrected chi connectivity index (χ0v) is 15.1. The minimum atomic E-state index is 0.0775. The van der Waals surface area contributed by atoms with Crippen molar-refractivity contribution in [2.75, 3.05) is 26.3 Å². The van der Waals surface area contributed by atoms with Gasteiger partial charge in [-0.3, -0.25) is 9.78 Å². The van der Waals surface area contributed by atoms with E-state index in [9.17, 15) is 4.79 Å². The van der Waals surface area contributed by atoms with Crippen LogP contribution in [0.15, 0.2) is 36.5 Å². The third-order valence-corrected chi connectivity index (χ3v) is 5.09. The molecule has 2 aromatic rings. The zero-order chi connectivity index (χ0) is 17.9. The van der Waals surface area contributed by atoms with Crippen molar-refractivity contribution in [1.29, 1.82) is 0 Å². The molecule has 1 aromatic heterocycles. The van der Waals surface area contributed by atoms with Gasteiger partial charge in [0.2, 0.25) is 0 Å². The molecular formula is C21H24N2O3. The summed E-state index contributed by atoms with van der Waals surface area (Å²) in [6, 6.07) is 9.68. The molecule has 136 valence electrons. The van der Waals surface area contributed by atoms with E-state index < -0.39 is 0 Å². The Balaban J connectivity index is 1.43. The van der Waals surface area contributed by atoms with E-state index in [0.717, 1.165) is 43.8 Å². The standard InChI is InChI=1S/C21H24N2O3/c1-15-4-5-16(13-22-15)11-17-3-2-8-23(14-17)21(24)18-6-7-19-20(12-18)26-10-9-25-19/h4-7,12-13,17H,2-3,8-11,14H2,1H3/t17-/m0/s1. The third-order valence-electron chi connectivity index (χ3n) is 5.09. The first kappa shape index (κ1) is 16.9. The number of ether oxygens (including phenoxy) is 2. The quantitative estimate of drug-likeness (QED) is 0.851. The molecule has 0 bridgehead atoms.